The summed E-state index contributed by atoms with van der Waals surface area (Å²) < 4.78 is 26.7. The zero-order chi connectivity index (χ0) is 52.4. The fourth-order valence-electron chi connectivity index (χ4n) is 13.2. The van der Waals surface area contributed by atoms with E-state index in [1.54, 1.807) is 0 Å². The summed E-state index contributed by atoms with van der Waals surface area (Å²) in [5.74, 6) is 6.13. The summed E-state index contributed by atoms with van der Waals surface area (Å²) in [6, 6.07) is 89.5. The van der Waals surface area contributed by atoms with Crippen LogP contribution in [0, 0.1) is 0 Å². The van der Waals surface area contributed by atoms with Gasteiger partial charge in [-0.1, -0.05) is 229 Å². The minimum absolute atomic E-state index is 0.246. The lowest BCUT2D eigenvalue weighted by Gasteiger charge is -2.39. The number of benzene rings is 11. The molecule has 0 spiro atoms. The van der Waals surface area contributed by atoms with Gasteiger partial charge in [0, 0.05) is 43.5 Å². The molecule has 0 fully saturated rings. The van der Waals surface area contributed by atoms with Gasteiger partial charge in [0.25, 0.3) is 20.1 Å². The van der Waals surface area contributed by atoms with Gasteiger partial charge in [0.15, 0.2) is 5.82 Å². The first-order valence-electron chi connectivity index (χ1n) is 27.2. The maximum atomic E-state index is 7.46. The van der Waals surface area contributed by atoms with Gasteiger partial charge in [0.1, 0.15) is 34.5 Å². The van der Waals surface area contributed by atoms with Gasteiger partial charge in [0.05, 0.1) is 22.1 Å². The van der Waals surface area contributed by atoms with Crippen molar-refractivity contribution < 1.29 is 14.2 Å². The lowest BCUT2D eigenvalue weighted by molar-refractivity contribution is 0.453. The largest absolute Gasteiger partial charge is 0.459 e. The van der Waals surface area contributed by atoms with Crippen LogP contribution >= 0.6 is 0 Å². The van der Waals surface area contributed by atoms with E-state index in [1.165, 1.54) is 0 Å². The normalized spacial score (nSPS) is 13.0. The Morgan fingerprint density at radius 2 is 0.613 bits per heavy atom. The summed E-state index contributed by atoms with van der Waals surface area (Å²) in [5, 5.41) is 4.48. The van der Waals surface area contributed by atoms with Crippen LogP contribution in [0.15, 0.2) is 255 Å². The van der Waals surface area contributed by atoms with E-state index in [0.29, 0.717) is 17.7 Å². The van der Waals surface area contributed by atoms with E-state index in [-0.39, 0.29) is 20.1 Å². The average Bonchev–Trinajstić information content (AvgIpc) is 4.16. The number of para-hydroxylation sites is 7. The van der Waals surface area contributed by atoms with Crippen molar-refractivity contribution in [1.29, 1.82) is 0 Å². The molecule has 11 aromatic carbocycles. The standard InChI is InChI=1S/C69H42B3N5O3/c1-3-23-44(24-4-1)70-51-32-11-18-39-58(51)78-64-61-65(79-59-40-19-12-33-52(59)71(61)45-25-5-2-6-26-45)63-66(62(64)70)80-60-41-20-13-34-53(60)72(63)46-27-21-22-43(42-46)67-73-68(76-54-35-14-7-28-47(54)48-29-8-15-36-55(48)76)75-69(74-67)77-56-37-16-9-30-49(56)50-31-10-17-38-57(50)77/h1-42H. The number of aromatic nitrogens is 5. The Morgan fingerprint density at radius 3 is 1.01 bits per heavy atom. The van der Waals surface area contributed by atoms with Crippen LogP contribution in [-0.4, -0.2) is 44.2 Å². The second kappa shape index (κ2) is 17.6. The molecule has 3 aromatic heterocycles. The van der Waals surface area contributed by atoms with Gasteiger partial charge in [0.2, 0.25) is 11.9 Å². The highest BCUT2D eigenvalue weighted by atomic mass is 16.5. The monoisotopic (exact) mass is 1020 g/mol. The number of ether oxygens (including phenoxy) is 3. The predicted octanol–water partition coefficient (Wildman–Crippen LogP) is 9.60. The van der Waals surface area contributed by atoms with Crippen molar-refractivity contribution in [3.8, 4) is 57.8 Å². The third-order valence-corrected chi connectivity index (χ3v) is 16.6. The molecule has 17 rings (SSSR count). The Morgan fingerprint density at radius 1 is 0.287 bits per heavy atom. The van der Waals surface area contributed by atoms with Crippen molar-refractivity contribution in [2.45, 2.75) is 0 Å². The predicted molar refractivity (Wildman–Crippen MR) is 327 cm³/mol. The first kappa shape index (κ1) is 44.7. The number of hydrogen-bond donors (Lipinski definition) is 0. The second-order valence-corrected chi connectivity index (χ2v) is 20.9. The molecule has 0 bridgehead atoms. The molecular formula is C69H42B3N5O3. The minimum atomic E-state index is -0.389. The lowest BCUT2D eigenvalue weighted by Crippen LogP contribution is -2.66. The maximum Gasteiger partial charge on any atom is 0.255 e. The molecule has 14 aromatic rings. The maximum absolute atomic E-state index is 7.46. The highest BCUT2D eigenvalue weighted by Crippen LogP contribution is 2.40. The zero-order valence-corrected chi connectivity index (χ0v) is 42.9. The summed E-state index contributed by atoms with van der Waals surface area (Å²) in [5.41, 5.74) is 14.2. The van der Waals surface area contributed by atoms with Gasteiger partial charge in [-0.2, -0.15) is 15.0 Å². The van der Waals surface area contributed by atoms with Gasteiger partial charge in [-0.25, -0.2) is 0 Å². The highest BCUT2D eigenvalue weighted by molar-refractivity contribution is 7.04. The molecule has 0 aliphatic carbocycles. The minimum Gasteiger partial charge on any atom is -0.459 e. The van der Waals surface area contributed by atoms with Crippen molar-refractivity contribution in [3.63, 3.8) is 0 Å². The molecule has 0 amide bonds. The number of nitrogens with zero attached hydrogens (tertiary/aromatic N) is 5. The van der Waals surface area contributed by atoms with Crippen LogP contribution in [0.1, 0.15) is 0 Å². The highest BCUT2D eigenvalue weighted by Gasteiger charge is 2.49. The van der Waals surface area contributed by atoms with Gasteiger partial charge in [-0.05, 0) is 58.9 Å². The van der Waals surface area contributed by atoms with Crippen molar-refractivity contribution in [2.75, 3.05) is 0 Å². The SMILES string of the molecule is c1ccc(B2c3ccccc3Oc3c2c2c(c4c3B(c3cccc(-c5nc(-n6c7ccccc7c7ccccc76)nc(-n6c7ccccc7c7ccccc76)n5)c3)c3ccccc3O4)B(c3ccccc3)c3ccccc3O2)cc1. The Bertz CT molecular complexity index is 4550. The average molecular weight is 1020 g/mol. The van der Waals surface area contributed by atoms with Crippen LogP contribution in [0.5, 0.6) is 34.5 Å². The Hall–Kier alpha value is -10.4. The third kappa shape index (κ3) is 6.64. The van der Waals surface area contributed by atoms with E-state index in [9.17, 15) is 0 Å². The molecule has 0 saturated heterocycles. The molecule has 0 unspecified atom stereocenters. The molecule has 3 aliphatic rings. The second-order valence-electron chi connectivity index (χ2n) is 20.9. The fourth-order valence-corrected chi connectivity index (χ4v) is 13.2. The van der Waals surface area contributed by atoms with Crippen LogP contribution in [0.25, 0.3) is 66.9 Å². The molecule has 8 nitrogen and oxygen atoms in total. The van der Waals surface area contributed by atoms with Gasteiger partial charge >= 0.3 is 0 Å². The summed E-state index contributed by atoms with van der Waals surface area (Å²) in [4.78, 5) is 16.5. The Labute approximate surface area is 461 Å². The van der Waals surface area contributed by atoms with Gasteiger partial charge < -0.3 is 14.2 Å². The molecule has 80 heavy (non-hydrogen) atoms. The van der Waals surface area contributed by atoms with Crippen LogP contribution in [0.3, 0.4) is 0 Å². The van der Waals surface area contributed by atoms with E-state index >= 15 is 0 Å². The Kier molecular flexibility index (Phi) is 9.83. The zero-order valence-electron chi connectivity index (χ0n) is 42.9. The summed E-state index contributed by atoms with van der Waals surface area (Å²) in [6.45, 7) is -0.880. The topological polar surface area (TPSA) is 76.2 Å². The van der Waals surface area contributed by atoms with Gasteiger partial charge in [-0.15, -0.1) is 0 Å². The molecule has 0 saturated carbocycles. The van der Waals surface area contributed by atoms with Crippen LogP contribution < -0.4 is 63.4 Å². The number of fused-ring (bicyclic) bond motifs is 15. The fraction of sp³-hybridized carbons (Fsp3) is 0. The molecule has 3 aliphatic heterocycles. The molecule has 370 valence electrons. The quantitative estimate of drug-likeness (QED) is 0.155. The van der Waals surface area contributed by atoms with Crippen LogP contribution in [-0.2, 0) is 0 Å². The van der Waals surface area contributed by atoms with Crippen molar-refractivity contribution >= 4 is 113 Å². The van der Waals surface area contributed by atoms with Gasteiger partial charge in [-0.3, -0.25) is 9.13 Å². The molecular weight excluding hydrogens is 979 g/mol. The van der Waals surface area contributed by atoms with Crippen LogP contribution in [0.4, 0.5) is 0 Å². The molecule has 0 radical (unpaired) electrons. The van der Waals surface area contributed by atoms with E-state index in [4.69, 9.17) is 29.2 Å². The lowest BCUT2D eigenvalue weighted by atomic mass is 9.28. The van der Waals surface area contributed by atoms with Crippen molar-refractivity contribution in [3.05, 3.63) is 255 Å². The molecule has 0 atom stereocenters. The van der Waals surface area contributed by atoms with Crippen molar-refractivity contribution in [2.24, 2.45) is 0 Å². The summed E-state index contributed by atoms with van der Waals surface area (Å²) in [6.07, 6.45) is 0. The first-order chi connectivity index (χ1) is 39.7. The number of rotatable bonds is 6. The molecule has 11 heteroatoms. The van der Waals surface area contributed by atoms with Crippen LogP contribution in [0.2, 0.25) is 0 Å². The summed E-state index contributed by atoms with van der Waals surface area (Å²) >= 11 is 0. The van der Waals surface area contributed by atoms with E-state index in [0.717, 1.165) is 133 Å². The summed E-state index contributed by atoms with van der Waals surface area (Å²) in [7, 11) is 0. The Balaban J connectivity index is 0.947. The number of hydrogen-bond acceptors (Lipinski definition) is 6. The third-order valence-electron chi connectivity index (χ3n) is 16.6. The molecule has 6 heterocycles. The first-order valence-corrected chi connectivity index (χ1v) is 27.2. The molecule has 0 N–H and O–H groups in total. The van der Waals surface area contributed by atoms with Crippen molar-refractivity contribution in [1.82, 2.24) is 24.1 Å². The van der Waals surface area contributed by atoms with E-state index < -0.39 is 0 Å². The van der Waals surface area contributed by atoms with E-state index in [1.807, 2.05) is 0 Å². The smallest absolute Gasteiger partial charge is 0.255 e. The van der Waals surface area contributed by atoms with E-state index in [2.05, 4.69) is 264 Å².